The average Bonchev–Trinajstić information content (AvgIpc) is 3.03. The van der Waals surface area contributed by atoms with Gasteiger partial charge in [-0.3, -0.25) is 9.69 Å². The Kier molecular flexibility index (Phi) is 9.20. The fraction of sp³-hybridized carbons (Fsp3) is 0.281. The molecular weight excluding hydrogens is 636 g/mol. The minimum atomic E-state index is -4.56. The van der Waals surface area contributed by atoms with Gasteiger partial charge in [0.2, 0.25) is 0 Å². The lowest BCUT2D eigenvalue weighted by Gasteiger charge is -2.31. The Morgan fingerprint density at radius 3 is 2.28 bits per heavy atom. The smallest absolute Gasteiger partial charge is 0.477 e. The van der Waals surface area contributed by atoms with Crippen LogP contribution in [0, 0.1) is 0 Å². The summed E-state index contributed by atoms with van der Waals surface area (Å²) in [4.78, 5) is 37.8. The quantitative estimate of drug-likeness (QED) is 0.206. The van der Waals surface area contributed by atoms with Gasteiger partial charge in [0, 0.05) is 16.9 Å². The number of fused-ring (bicyclic) bond motifs is 1. The molecule has 3 aromatic rings. The van der Waals surface area contributed by atoms with E-state index >= 15 is 0 Å². The summed E-state index contributed by atoms with van der Waals surface area (Å²) in [6.45, 7) is -1.54. The van der Waals surface area contributed by atoms with Crippen LogP contribution in [-0.2, 0) is 22.2 Å². The molecule has 1 aliphatic heterocycles. The van der Waals surface area contributed by atoms with E-state index in [0.29, 0.717) is 11.3 Å². The van der Waals surface area contributed by atoms with E-state index in [9.17, 15) is 40.7 Å². The number of urea groups is 1. The molecule has 0 aromatic heterocycles. The maximum atomic E-state index is 14.3. The molecule has 15 heteroatoms. The first-order valence-electron chi connectivity index (χ1n) is 14.3. The van der Waals surface area contributed by atoms with Gasteiger partial charge < -0.3 is 20.5 Å². The van der Waals surface area contributed by atoms with Gasteiger partial charge in [0.15, 0.2) is 0 Å². The number of allylic oxidation sites excluding steroid dienone is 2. The number of carbonyl (C=O) groups is 3. The summed E-state index contributed by atoms with van der Waals surface area (Å²) in [6.07, 6.45) is -2.82. The predicted molar refractivity (Wildman–Crippen MR) is 156 cm³/mol. The van der Waals surface area contributed by atoms with Crippen molar-refractivity contribution in [3.63, 3.8) is 0 Å². The number of hydrogen-bond acceptors (Lipinski definition) is 5. The topological polar surface area (TPSA) is 117 Å². The van der Waals surface area contributed by atoms with Crippen molar-refractivity contribution in [2.45, 2.75) is 50.6 Å². The highest BCUT2D eigenvalue weighted by molar-refractivity contribution is 6.02. The van der Waals surface area contributed by atoms with Crippen LogP contribution >= 0.6 is 0 Å². The Bertz CT molecular complexity index is 1700. The lowest BCUT2D eigenvalue weighted by molar-refractivity contribution is -0.461. The van der Waals surface area contributed by atoms with Gasteiger partial charge in [-0.2, -0.15) is 17.6 Å². The summed E-state index contributed by atoms with van der Waals surface area (Å²) in [6, 6.07) is 14.4. The maximum absolute atomic E-state index is 14.3. The highest BCUT2D eigenvalue weighted by Crippen LogP contribution is 2.47. The molecule has 3 amide bonds. The molecule has 1 aliphatic carbocycles. The fourth-order valence-electron chi connectivity index (χ4n) is 5.02. The summed E-state index contributed by atoms with van der Waals surface area (Å²) in [5.41, 5.74) is 1.74. The zero-order valence-corrected chi connectivity index (χ0v) is 24.4. The number of nitrogens with zero attached hydrogens (tertiary/aromatic N) is 1. The molecule has 0 fully saturated rings. The van der Waals surface area contributed by atoms with Crippen molar-refractivity contribution in [1.29, 1.82) is 0 Å². The molecule has 2 aliphatic rings. The van der Waals surface area contributed by atoms with E-state index in [1.54, 1.807) is 12.1 Å². The van der Waals surface area contributed by atoms with Crippen molar-refractivity contribution < 1.29 is 55.3 Å². The number of hydrogen-bond donors (Lipinski definition) is 3. The van der Waals surface area contributed by atoms with E-state index in [4.69, 9.17) is 5.11 Å². The summed E-state index contributed by atoms with van der Waals surface area (Å²) in [7, 11) is 0. The molecule has 0 saturated heterocycles. The van der Waals surface area contributed by atoms with E-state index in [2.05, 4.69) is 20.9 Å². The van der Waals surface area contributed by atoms with Crippen molar-refractivity contribution in [1.82, 2.24) is 5.32 Å². The largest absolute Gasteiger partial charge is 0.540 e. The summed E-state index contributed by atoms with van der Waals surface area (Å²) in [5, 5.41) is 12.9. The fourth-order valence-corrected chi connectivity index (χ4v) is 5.02. The molecule has 5 rings (SSSR count). The Hall–Kier alpha value is -5.05. The van der Waals surface area contributed by atoms with Crippen LogP contribution < -0.4 is 20.3 Å². The third-order valence-electron chi connectivity index (χ3n) is 7.45. The van der Waals surface area contributed by atoms with Gasteiger partial charge in [-0.25, -0.2) is 14.3 Å². The van der Waals surface area contributed by atoms with Gasteiger partial charge in [-0.05, 0) is 84.8 Å². The average molecular weight is 664 g/mol. The van der Waals surface area contributed by atoms with E-state index in [1.807, 2.05) is 17.4 Å². The molecule has 0 unspecified atom stereocenters. The van der Waals surface area contributed by atoms with E-state index in [1.165, 1.54) is 34.7 Å². The molecule has 1 heterocycles. The van der Waals surface area contributed by atoms with Crippen LogP contribution in [0.1, 0.15) is 52.7 Å². The van der Waals surface area contributed by atoms with Gasteiger partial charge in [-0.15, -0.1) is 8.78 Å². The van der Waals surface area contributed by atoms with Crippen LogP contribution in [0.3, 0.4) is 0 Å². The highest BCUT2D eigenvalue weighted by Gasteiger charge is 2.54. The highest BCUT2D eigenvalue weighted by atomic mass is 19.3. The van der Waals surface area contributed by atoms with Crippen LogP contribution in [0.4, 0.5) is 42.5 Å². The number of nitrogens with one attached hydrogen (secondary N) is 2. The first-order valence-corrected chi connectivity index (χ1v) is 14.3. The number of ether oxygens (including phenoxy) is 2. The number of carboxylic acids is 1. The molecule has 0 spiro atoms. The molecule has 248 valence electrons. The van der Waals surface area contributed by atoms with Crippen molar-refractivity contribution >= 4 is 34.9 Å². The lowest BCUT2D eigenvalue weighted by Crippen LogP contribution is -2.42. The number of amides is 3. The minimum absolute atomic E-state index is 0.0546. The van der Waals surface area contributed by atoms with Crippen LogP contribution in [0.5, 0.6) is 5.75 Å². The van der Waals surface area contributed by atoms with Crippen molar-refractivity contribution in [3.05, 3.63) is 95.1 Å². The Morgan fingerprint density at radius 2 is 1.64 bits per heavy atom. The third-order valence-corrected chi connectivity index (χ3v) is 7.45. The number of benzene rings is 3. The van der Waals surface area contributed by atoms with Gasteiger partial charge in [0.1, 0.15) is 5.75 Å². The van der Waals surface area contributed by atoms with Crippen LogP contribution in [0.2, 0.25) is 0 Å². The number of alkyl halides is 6. The van der Waals surface area contributed by atoms with Gasteiger partial charge in [0.05, 0.1) is 18.7 Å². The summed E-state index contributed by atoms with van der Waals surface area (Å²) >= 11 is 0. The second kappa shape index (κ2) is 13.0. The molecular formula is C32H27F6N3O6. The zero-order chi connectivity index (χ0) is 34.0. The minimum Gasteiger partial charge on any atom is -0.477 e. The zero-order valence-electron chi connectivity index (χ0n) is 24.4. The molecule has 3 N–H and O–H groups in total. The molecule has 3 aromatic carbocycles. The SMILES string of the molecule is O=C(NCC(F)(F)C(=O)O)c1ccc(CN(C(=O)Nc2ccc3c(c2)C(F)(F)OC(F)(F)O3)c2ccc(C3=CCCCC3)cc2)cc1. The molecule has 9 nitrogen and oxygen atoms in total. The van der Waals surface area contributed by atoms with E-state index in [0.717, 1.165) is 49.4 Å². The molecule has 47 heavy (non-hydrogen) atoms. The number of anilines is 2. The first kappa shape index (κ1) is 33.3. The lowest BCUT2D eigenvalue weighted by atomic mass is 9.93. The van der Waals surface area contributed by atoms with Crippen LogP contribution in [-0.4, -0.2) is 41.8 Å². The predicted octanol–water partition coefficient (Wildman–Crippen LogP) is 7.34. The number of carboxylic acid groups (broad SMARTS) is 1. The van der Waals surface area contributed by atoms with Gasteiger partial charge in [-0.1, -0.05) is 30.3 Å². The number of aliphatic carboxylic acids is 1. The maximum Gasteiger partial charge on any atom is 0.540 e. The van der Waals surface area contributed by atoms with E-state index < -0.39 is 54.1 Å². The molecule has 0 saturated carbocycles. The normalized spacial score (nSPS) is 16.6. The van der Waals surface area contributed by atoms with E-state index in [-0.39, 0.29) is 17.8 Å². The Balaban J connectivity index is 1.38. The molecule has 0 bridgehead atoms. The van der Waals surface area contributed by atoms with Gasteiger partial charge in [0.25, 0.3) is 5.91 Å². The van der Waals surface area contributed by atoms with Crippen LogP contribution in [0.15, 0.2) is 72.8 Å². The number of carbonyl (C=O) groups excluding carboxylic acids is 2. The molecule has 0 radical (unpaired) electrons. The van der Waals surface area contributed by atoms with Crippen molar-refractivity contribution in [2.24, 2.45) is 0 Å². The Labute approximate surface area is 263 Å². The first-order chi connectivity index (χ1) is 22.1. The standard InChI is InChI=1S/C32H27F6N3O6/c33-30(34,28(43)44)18-39-27(42)22-8-6-19(7-9-22)17-41(24-13-10-21(11-14-24)20-4-2-1-3-5-20)29(45)40-23-12-15-26-25(16-23)31(35,36)47-32(37,38)46-26/h4,6-16H,1-3,5,17-18H2,(H,39,42)(H,40,45)(H,43,44). The molecule has 0 atom stereocenters. The third kappa shape index (κ3) is 7.85. The van der Waals surface area contributed by atoms with Crippen LogP contribution in [0.25, 0.3) is 5.57 Å². The number of halogens is 6. The second-order valence-corrected chi connectivity index (χ2v) is 10.8. The monoisotopic (exact) mass is 663 g/mol. The van der Waals surface area contributed by atoms with Crippen molar-refractivity contribution in [3.8, 4) is 5.75 Å². The van der Waals surface area contributed by atoms with Gasteiger partial charge >= 0.3 is 30.3 Å². The summed E-state index contributed by atoms with van der Waals surface area (Å²) in [5.74, 6) is -8.33. The number of rotatable bonds is 9. The second-order valence-electron chi connectivity index (χ2n) is 10.8. The van der Waals surface area contributed by atoms with Crippen molar-refractivity contribution in [2.75, 3.05) is 16.8 Å². The Morgan fingerprint density at radius 1 is 0.936 bits per heavy atom. The summed E-state index contributed by atoms with van der Waals surface area (Å²) < 4.78 is 90.0.